The second-order valence-corrected chi connectivity index (χ2v) is 17.7. The van der Waals surface area contributed by atoms with Crippen molar-refractivity contribution in [2.45, 2.75) is 64.3 Å². The van der Waals surface area contributed by atoms with Gasteiger partial charge < -0.3 is 9.16 Å². The summed E-state index contributed by atoms with van der Waals surface area (Å²) in [5.74, 6) is -0.134. The molecule has 1 atom stereocenters. The van der Waals surface area contributed by atoms with Crippen molar-refractivity contribution < 1.29 is 14.0 Å². The normalized spacial score (nSPS) is 15.1. The Hall–Kier alpha value is -0.916. The molecular weight excluding hydrogens is 320 g/mol. The molecule has 5 heteroatoms. The fourth-order valence-corrected chi connectivity index (χ4v) is 8.27. The molecule has 1 rings (SSSR count). The number of carbonyl (C=O) groups excluding carboxylic acids is 1. The van der Waals surface area contributed by atoms with Gasteiger partial charge in [0, 0.05) is 6.42 Å². The summed E-state index contributed by atoms with van der Waals surface area (Å²) < 4.78 is 11.9. The van der Waals surface area contributed by atoms with Crippen LogP contribution in [0.1, 0.15) is 25.3 Å². The highest BCUT2D eigenvalue weighted by atomic mass is 28.4. The molecule has 0 spiro atoms. The van der Waals surface area contributed by atoms with Crippen LogP contribution in [0.15, 0.2) is 30.3 Å². The summed E-state index contributed by atoms with van der Waals surface area (Å²) in [5.41, 5.74) is 1.20. The largest absolute Gasteiger partial charge is 0.466 e. The first kappa shape index (κ1) is 20.1. The first-order valence-corrected chi connectivity index (χ1v) is 15.3. The average Bonchev–Trinajstić information content (AvgIpc) is 2.42. The van der Waals surface area contributed by atoms with Gasteiger partial charge in [-0.25, -0.2) is 0 Å². The maximum absolute atomic E-state index is 12.0. The van der Waals surface area contributed by atoms with Crippen LogP contribution in [0.3, 0.4) is 0 Å². The van der Waals surface area contributed by atoms with Crippen LogP contribution in [0.2, 0.25) is 39.3 Å². The summed E-state index contributed by atoms with van der Waals surface area (Å²) in [6.07, 6.45) is 1.09. The molecule has 0 amide bonds. The third-order valence-corrected chi connectivity index (χ3v) is 8.15. The summed E-state index contributed by atoms with van der Waals surface area (Å²) >= 11 is 0. The molecule has 130 valence electrons. The first-order chi connectivity index (χ1) is 10.5. The average molecular weight is 353 g/mol. The van der Waals surface area contributed by atoms with Crippen LogP contribution >= 0.6 is 0 Å². The standard InChI is InChI=1S/C18H32O3Si2/c1-8-20-17(19)14-15-18(22(2,3)4,21-23(5,6)7)16-12-10-9-11-13-16/h9-13H,8,14-15H2,1-7H3. The van der Waals surface area contributed by atoms with Crippen LogP contribution in [0, 0.1) is 0 Å². The van der Waals surface area contributed by atoms with E-state index >= 15 is 0 Å². The van der Waals surface area contributed by atoms with Gasteiger partial charge in [0.2, 0.25) is 0 Å². The topological polar surface area (TPSA) is 35.5 Å². The predicted octanol–water partition coefficient (Wildman–Crippen LogP) is 4.95. The third-order valence-electron chi connectivity index (χ3n) is 3.92. The summed E-state index contributed by atoms with van der Waals surface area (Å²) in [4.78, 5) is 12.0. The molecule has 0 aromatic heterocycles. The molecule has 1 aromatic carbocycles. The molecule has 0 fully saturated rings. The van der Waals surface area contributed by atoms with Crippen LogP contribution in [0.25, 0.3) is 0 Å². The van der Waals surface area contributed by atoms with Crippen molar-refractivity contribution in [2.75, 3.05) is 6.61 Å². The highest BCUT2D eigenvalue weighted by Gasteiger charge is 2.48. The molecule has 0 radical (unpaired) electrons. The number of hydrogen-bond donors (Lipinski definition) is 0. The molecule has 0 aliphatic carbocycles. The molecule has 0 aliphatic heterocycles. The Balaban J connectivity index is 3.27. The van der Waals surface area contributed by atoms with Crippen molar-refractivity contribution in [2.24, 2.45) is 0 Å². The van der Waals surface area contributed by atoms with E-state index in [2.05, 4.69) is 63.5 Å². The van der Waals surface area contributed by atoms with Crippen molar-refractivity contribution in [3.8, 4) is 0 Å². The van der Waals surface area contributed by atoms with Gasteiger partial charge in [0.1, 0.15) is 0 Å². The first-order valence-electron chi connectivity index (χ1n) is 8.43. The van der Waals surface area contributed by atoms with E-state index in [9.17, 15) is 4.79 Å². The van der Waals surface area contributed by atoms with Crippen LogP contribution in [-0.4, -0.2) is 29.0 Å². The van der Waals surface area contributed by atoms with Gasteiger partial charge in [-0.1, -0.05) is 50.0 Å². The second-order valence-electron chi connectivity index (χ2n) is 7.96. The number of carbonyl (C=O) groups is 1. The molecule has 0 saturated heterocycles. The van der Waals surface area contributed by atoms with Crippen LogP contribution in [0.4, 0.5) is 0 Å². The Kier molecular flexibility index (Phi) is 6.80. The molecule has 0 heterocycles. The molecular formula is C18H32O3Si2. The van der Waals surface area contributed by atoms with E-state index in [1.807, 2.05) is 13.0 Å². The van der Waals surface area contributed by atoms with Crippen molar-refractivity contribution >= 4 is 22.4 Å². The number of benzene rings is 1. The fraction of sp³-hybridized carbons (Fsp3) is 0.611. The minimum atomic E-state index is -1.79. The minimum Gasteiger partial charge on any atom is -0.466 e. The van der Waals surface area contributed by atoms with E-state index < -0.39 is 16.4 Å². The van der Waals surface area contributed by atoms with E-state index in [0.717, 1.165) is 0 Å². The lowest BCUT2D eigenvalue weighted by molar-refractivity contribution is -0.143. The number of hydrogen-bond acceptors (Lipinski definition) is 3. The van der Waals surface area contributed by atoms with Crippen molar-refractivity contribution in [3.05, 3.63) is 35.9 Å². The second kappa shape index (κ2) is 7.77. The maximum atomic E-state index is 12.0. The van der Waals surface area contributed by atoms with Gasteiger partial charge >= 0.3 is 5.97 Å². The molecule has 23 heavy (non-hydrogen) atoms. The zero-order valence-corrected chi connectivity index (χ0v) is 17.7. The lowest BCUT2D eigenvalue weighted by Crippen LogP contribution is -2.56. The fourth-order valence-electron chi connectivity index (χ4n) is 2.96. The van der Waals surface area contributed by atoms with Crippen molar-refractivity contribution in [3.63, 3.8) is 0 Å². The Morgan fingerprint density at radius 1 is 1.04 bits per heavy atom. The number of ether oxygens (including phenoxy) is 1. The monoisotopic (exact) mass is 352 g/mol. The van der Waals surface area contributed by atoms with E-state index in [0.29, 0.717) is 19.4 Å². The molecule has 1 aromatic rings. The summed E-state index contributed by atoms with van der Waals surface area (Å²) in [6, 6.07) is 10.4. The molecule has 0 saturated carbocycles. The van der Waals surface area contributed by atoms with Crippen LogP contribution in [-0.2, 0) is 19.2 Å². The van der Waals surface area contributed by atoms with Crippen LogP contribution < -0.4 is 0 Å². The van der Waals surface area contributed by atoms with Gasteiger partial charge in [0.25, 0.3) is 0 Å². The molecule has 1 unspecified atom stereocenters. The van der Waals surface area contributed by atoms with E-state index in [1.165, 1.54) is 5.56 Å². The molecule has 0 N–H and O–H groups in total. The highest BCUT2D eigenvalue weighted by molar-refractivity contribution is 6.80. The van der Waals surface area contributed by atoms with Gasteiger partial charge in [0.05, 0.1) is 19.9 Å². The summed E-state index contributed by atoms with van der Waals surface area (Å²) in [6.45, 7) is 15.9. The number of esters is 1. The summed E-state index contributed by atoms with van der Waals surface area (Å²) in [7, 11) is -3.57. The molecule has 3 nitrogen and oxygen atoms in total. The third kappa shape index (κ3) is 5.58. The lowest BCUT2D eigenvalue weighted by atomic mass is 10.0. The maximum Gasteiger partial charge on any atom is 0.305 e. The number of rotatable bonds is 8. The van der Waals surface area contributed by atoms with Gasteiger partial charge in [-0.05, 0) is 38.5 Å². The van der Waals surface area contributed by atoms with Crippen LogP contribution in [0.5, 0.6) is 0 Å². The summed E-state index contributed by atoms with van der Waals surface area (Å²) in [5, 5.41) is -0.356. The predicted molar refractivity (Wildman–Crippen MR) is 102 cm³/mol. The van der Waals surface area contributed by atoms with Crippen molar-refractivity contribution in [1.29, 1.82) is 0 Å². The van der Waals surface area contributed by atoms with E-state index in [4.69, 9.17) is 9.16 Å². The Morgan fingerprint density at radius 3 is 2.04 bits per heavy atom. The molecule has 0 aliphatic rings. The smallest absolute Gasteiger partial charge is 0.305 e. The SMILES string of the molecule is CCOC(=O)CCC(O[Si](C)(C)C)(c1ccccc1)[Si](C)(C)C. The van der Waals surface area contributed by atoms with Gasteiger partial charge in [-0.15, -0.1) is 0 Å². The zero-order valence-electron chi connectivity index (χ0n) is 15.7. The zero-order chi connectivity index (χ0) is 17.7. The Labute approximate surface area is 143 Å². The lowest BCUT2D eigenvalue weighted by Gasteiger charge is -2.48. The van der Waals surface area contributed by atoms with Crippen molar-refractivity contribution in [1.82, 2.24) is 0 Å². The Morgan fingerprint density at radius 2 is 1.61 bits per heavy atom. The van der Waals surface area contributed by atoms with Gasteiger partial charge in [-0.3, -0.25) is 4.79 Å². The highest BCUT2D eigenvalue weighted by Crippen LogP contribution is 2.42. The van der Waals surface area contributed by atoms with E-state index in [-0.39, 0.29) is 11.2 Å². The van der Waals surface area contributed by atoms with Gasteiger partial charge in [0.15, 0.2) is 8.32 Å². The molecule has 0 bridgehead atoms. The van der Waals surface area contributed by atoms with Gasteiger partial charge in [-0.2, -0.15) is 0 Å². The Bertz CT molecular complexity index is 503. The van der Waals surface area contributed by atoms with E-state index in [1.54, 1.807) is 0 Å². The minimum absolute atomic E-state index is 0.134. The quantitative estimate of drug-likeness (QED) is 0.490.